The highest BCUT2D eigenvalue weighted by molar-refractivity contribution is 5.97. The van der Waals surface area contributed by atoms with Gasteiger partial charge in [-0.3, -0.25) is 0 Å². The van der Waals surface area contributed by atoms with Gasteiger partial charge in [-0.05, 0) is 6.92 Å². The molecule has 1 aliphatic heterocycles. The predicted molar refractivity (Wildman–Crippen MR) is 41.3 cm³/mol. The van der Waals surface area contributed by atoms with E-state index in [0.717, 1.165) is 13.2 Å². The zero-order valence-electron chi connectivity index (χ0n) is 5.39. The van der Waals surface area contributed by atoms with Crippen LogP contribution in [0.2, 0.25) is 0 Å². The molecule has 0 unspecified atom stereocenters. The zero-order valence-corrected chi connectivity index (χ0v) is 5.39. The minimum atomic E-state index is 0.483. The lowest BCUT2D eigenvalue weighted by Crippen LogP contribution is -2.52. The molecule has 3 heteroatoms. The molecule has 0 N–H and O–H groups in total. The maximum absolute atomic E-state index is 5.29. The van der Waals surface area contributed by atoms with Gasteiger partial charge in [-0.2, -0.15) is 0 Å². The van der Waals surface area contributed by atoms with E-state index in [1.807, 2.05) is 0 Å². The second-order valence-electron chi connectivity index (χ2n) is 2.05. The Bertz CT molecular complexity index is 91.1. The summed E-state index contributed by atoms with van der Waals surface area (Å²) in [5.74, 6) is 0. The molecule has 1 aliphatic rings. The fourth-order valence-electron chi connectivity index (χ4n) is 0.917. The van der Waals surface area contributed by atoms with Crippen molar-refractivity contribution in [3.8, 4) is 0 Å². The van der Waals surface area contributed by atoms with E-state index >= 15 is 0 Å². The smallest absolute Gasteiger partial charge is 0.169 e. The highest BCUT2D eigenvalue weighted by Gasteiger charge is 2.15. The van der Waals surface area contributed by atoms with Crippen molar-refractivity contribution in [1.29, 1.82) is 0 Å². The molecule has 2 nitrogen and oxygen atoms in total. The molecule has 0 amide bonds. The third-order valence-electron chi connectivity index (χ3n) is 1.55. The molecule has 0 radical (unpaired) electrons. The Labute approximate surface area is 57.8 Å². The van der Waals surface area contributed by atoms with Gasteiger partial charge in [0.1, 0.15) is 0 Å². The molecule has 9 heavy (non-hydrogen) atoms. The Balaban J connectivity index is 2.37. The zero-order chi connectivity index (χ0) is 6.74. The summed E-state index contributed by atoms with van der Waals surface area (Å²) < 4.78 is 6.74. The Hall–Kier alpha value is -0.0151. The SMILES string of the molecule is [BH3-][N+]1(CC)CCOCC1. The number of likely N-dealkylation sites (N-methyl/N-ethyl adjacent to an activating group) is 1. The lowest BCUT2D eigenvalue weighted by Gasteiger charge is -2.45. The Morgan fingerprint density at radius 1 is 1.44 bits per heavy atom. The van der Waals surface area contributed by atoms with E-state index < -0.39 is 0 Å². The van der Waals surface area contributed by atoms with Gasteiger partial charge in [0.2, 0.25) is 0 Å². The monoisotopic (exact) mass is 129 g/mol. The van der Waals surface area contributed by atoms with Crippen LogP contribution in [0, 0.1) is 0 Å². The van der Waals surface area contributed by atoms with Gasteiger partial charge >= 0.3 is 0 Å². The Morgan fingerprint density at radius 3 is 2.33 bits per heavy atom. The normalized spacial score (nSPS) is 26.0. The first kappa shape index (κ1) is 7.10. The first-order chi connectivity index (χ1) is 4.27. The van der Waals surface area contributed by atoms with Crippen LogP contribution in [0.5, 0.6) is 0 Å². The number of hydrogen-bond donors (Lipinski definition) is 0. The summed E-state index contributed by atoms with van der Waals surface area (Å²) in [5.41, 5.74) is 0. The number of rotatable bonds is 1. The predicted octanol–water partition coefficient (Wildman–Crippen LogP) is -0.866. The van der Waals surface area contributed by atoms with E-state index in [2.05, 4.69) is 6.92 Å². The van der Waals surface area contributed by atoms with Gasteiger partial charge in [0.05, 0.1) is 26.3 Å². The first-order valence-electron chi connectivity index (χ1n) is 3.23. The highest BCUT2D eigenvalue weighted by atomic mass is 16.5. The van der Waals surface area contributed by atoms with Crippen molar-refractivity contribution in [3.63, 3.8) is 0 Å². The quantitative estimate of drug-likeness (QED) is 0.418. The minimum Gasteiger partial charge on any atom is -0.519 e. The van der Waals surface area contributed by atoms with Crippen LogP contribution >= 0.6 is 0 Å². The standard InChI is InChI=1S/C6H16BNO/c1-2-8(7)3-5-9-6-4-8/h2-6H2,1,7H3. The molecule has 0 aromatic heterocycles. The van der Waals surface area contributed by atoms with E-state index in [9.17, 15) is 0 Å². The molecule has 0 spiro atoms. The molecule has 0 aliphatic carbocycles. The van der Waals surface area contributed by atoms with E-state index in [0.29, 0.717) is 7.98 Å². The number of hydrogen-bond acceptors (Lipinski definition) is 1. The van der Waals surface area contributed by atoms with Gasteiger partial charge in [0.25, 0.3) is 0 Å². The van der Waals surface area contributed by atoms with Crippen molar-refractivity contribution in [1.82, 2.24) is 0 Å². The van der Waals surface area contributed by atoms with Crippen molar-refractivity contribution in [3.05, 3.63) is 0 Å². The molecule has 1 heterocycles. The van der Waals surface area contributed by atoms with Crippen molar-refractivity contribution >= 4 is 7.98 Å². The van der Waals surface area contributed by atoms with E-state index in [1.165, 1.54) is 24.0 Å². The first-order valence-corrected chi connectivity index (χ1v) is 3.23. The van der Waals surface area contributed by atoms with Crippen LogP contribution in [0.15, 0.2) is 0 Å². The number of quaternary nitrogens is 1. The van der Waals surface area contributed by atoms with Gasteiger partial charge in [0.15, 0.2) is 7.98 Å². The summed E-state index contributed by atoms with van der Waals surface area (Å²) in [7, 11) is 0.483. The maximum atomic E-state index is 5.29. The largest absolute Gasteiger partial charge is 0.519 e. The summed E-state index contributed by atoms with van der Waals surface area (Å²) >= 11 is 0. The van der Waals surface area contributed by atoms with E-state index in [1.54, 1.807) is 0 Å². The summed E-state index contributed by atoms with van der Waals surface area (Å²) in [6, 6.07) is 0. The lowest BCUT2D eigenvalue weighted by atomic mass is 10.1. The molecule has 54 valence electrons. The van der Waals surface area contributed by atoms with Crippen molar-refractivity contribution in [2.24, 2.45) is 0 Å². The Kier molecular flexibility index (Phi) is 2.14. The maximum Gasteiger partial charge on any atom is 0.169 e. The second-order valence-corrected chi connectivity index (χ2v) is 2.05. The average Bonchev–Trinajstić information content (AvgIpc) is 1.90. The van der Waals surface area contributed by atoms with Gasteiger partial charge in [-0.15, -0.1) is 0 Å². The van der Waals surface area contributed by atoms with Crippen molar-refractivity contribution < 1.29 is 9.13 Å². The third-order valence-corrected chi connectivity index (χ3v) is 1.55. The van der Waals surface area contributed by atoms with Crippen LogP contribution in [0.25, 0.3) is 0 Å². The molecular formula is C6H16BNO. The van der Waals surface area contributed by atoms with Gasteiger partial charge in [-0.1, -0.05) is 0 Å². The van der Waals surface area contributed by atoms with Crippen LogP contribution in [0.4, 0.5) is 0 Å². The summed E-state index contributed by atoms with van der Waals surface area (Å²) in [6.45, 7) is 8.28. The lowest BCUT2D eigenvalue weighted by molar-refractivity contribution is -0.824. The van der Waals surface area contributed by atoms with E-state index in [4.69, 9.17) is 4.74 Å². The third kappa shape index (κ3) is 1.70. The Morgan fingerprint density at radius 2 is 2.00 bits per heavy atom. The fourth-order valence-corrected chi connectivity index (χ4v) is 0.917. The van der Waals surface area contributed by atoms with Gasteiger partial charge in [-0.25, -0.2) is 0 Å². The molecule has 0 aromatic carbocycles. The summed E-state index contributed by atoms with van der Waals surface area (Å²) in [5, 5.41) is 0. The molecule has 0 saturated carbocycles. The van der Waals surface area contributed by atoms with Crippen LogP contribution in [0.1, 0.15) is 6.92 Å². The second kappa shape index (κ2) is 2.71. The summed E-state index contributed by atoms with van der Waals surface area (Å²) in [6.07, 6.45) is 0. The topological polar surface area (TPSA) is 9.23 Å². The number of nitrogens with zero attached hydrogens (tertiary/aromatic N) is 1. The molecule has 0 atom stereocenters. The van der Waals surface area contributed by atoms with Crippen LogP contribution in [-0.4, -0.2) is 45.2 Å². The van der Waals surface area contributed by atoms with Gasteiger partial charge in [0, 0.05) is 6.54 Å². The average molecular weight is 129 g/mol. The van der Waals surface area contributed by atoms with Crippen LogP contribution < -0.4 is 0 Å². The minimum absolute atomic E-state index is 0.483. The van der Waals surface area contributed by atoms with E-state index in [-0.39, 0.29) is 0 Å². The highest BCUT2D eigenvalue weighted by Crippen LogP contribution is 2.04. The van der Waals surface area contributed by atoms with Crippen molar-refractivity contribution in [2.75, 3.05) is 32.8 Å². The van der Waals surface area contributed by atoms with Gasteiger partial charge < -0.3 is 9.13 Å². The summed E-state index contributed by atoms with van der Waals surface area (Å²) in [4.78, 5) is 0. The molecular weight excluding hydrogens is 113 g/mol. The number of morpholine rings is 1. The molecule has 0 bridgehead atoms. The van der Waals surface area contributed by atoms with Crippen molar-refractivity contribution in [2.45, 2.75) is 6.92 Å². The molecule has 1 saturated heterocycles. The fraction of sp³-hybridized carbons (Fsp3) is 1.00. The number of ether oxygens (including phenoxy) is 1. The molecule has 1 rings (SSSR count). The van der Waals surface area contributed by atoms with Crippen LogP contribution in [-0.2, 0) is 4.74 Å². The molecule has 1 fully saturated rings. The van der Waals surface area contributed by atoms with Crippen LogP contribution in [0.3, 0.4) is 0 Å². The molecule has 0 aromatic rings.